The van der Waals surface area contributed by atoms with Crippen molar-refractivity contribution < 1.29 is 14.3 Å². The molecule has 1 heterocycles. The molecule has 0 aliphatic carbocycles. The Morgan fingerprint density at radius 3 is 2.52 bits per heavy atom. The molecule has 0 saturated heterocycles. The predicted molar refractivity (Wildman–Crippen MR) is 88.3 cm³/mol. The SMILES string of the molecule is CCOC(=O)C(C(=O)N1CCc2ccccc21)c1ccccc1. The van der Waals surface area contributed by atoms with Gasteiger partial charge < -0.3 is 9.64 Å². The first kappa shape index (κ1) is 15.3. The van der Waals surface area contributed by atoms with Crippen molar-refractivity contribution in [2.75, 3.05) is 18.1 Å². The number of para-hydroxylation sites is 1. The molecule has 0 bridgehead atoms. The summed E-state index contributed by atoms with van der Waals surface area (Å²) in [6, 6.07) is 16.9. The Morgan fingerprint density at radius 1 is 1.09 bits per heavy atom. The fourth-order valence-electron chi connectivity index (χ4n) is 2.97. The number of benzene rings is 2. The van der Waals surface area contributed by atoms with Crippen LogP contribution in [0.15, 0.2) is 54.6 Å². The van der Waals surface area contributed by atoms with Gasteiger partial charge >= 0.3 is 5.97 Å². The van der Waals surface area contributed by atoms with Crippen LogP contribution in [0.2, 0.25) is 0 Å². The van der Waals surface area contributed by atoms with Gasteiger partial charge in [-0.2, -0.15) is 0 Å². The lowest BCUT2D eigenvalue weighted by Gasteiger charge is -2.23. The molecule has 2 aromatic rings. The van der Waals surface area contributed by atoms with Gasteiger partial charge in [-0.3, -0.25) is 9.59 Å². The number of rotatable bonds is 4. The van der Waals surface area contributed by atoms with Crippen molar-refractivity contribution in [1.82, 2.24) is 0 Å². The Morgan fingerprint density at radius 2 is 1.78 bits per heavy atom. The number of amides is 1. The average Bonchev–Trinajstić information content (AvgIpc) is 3.00. The van der Waals surface area contributed by atoms with Crippen LogP contribution < -0.4 is 4.90 Å². The first-order valence-corrected chi connectivity index (χ1v) is 7.83. The van der Waals surface area contributed by atoms with Crippen LogP contribution in [0, 0.1) is 0 Å². The summed E-state index contributed by atoms with van der Waals surface area (Å²) in [5, 5.41) is 0. The van der Waals surface area contributed by atoms with Crippen LogP contribution in [0.1, 0.15) is 24.0 Å². The van der Waals surface area contributed by atoms with Crippen molar-refractivity contribution in [2.24, 2.45) is 0 Å². The highest BCUT2D eigenvalue weighted by Gasteiger charge is 2.36. The van der Waals surface area contributed by atoms with E-state index in [-0.39, 0.29) is 12.5 Å². The van der Waals surface area contributed by atoms with Crippen LogP contribution in [0.3, 0.4) is 0 Å². The molecule has 4 nitrogen and oxygen atoms in total. The van der Waals surface area contributed by atoms with Crippen LogP contribution >= 0.6 is 0 Å². The van der Waals surface area contributed by atoms with Crippen LogP contribution in [-0.2, 0) is 20.7 Å². The zero-order chi connectivity index (χ0) is 16.2. The van der Waals surface area contributed by atoms with Gasteiger partial charge in [0, 0.05) is 12.2 Å². The molecule has 1 amide bonds. The van der Waals surface area contributed by atoms with Gasteiger partial charge in [-0.1, -0.05) is 48.5 Å². The van der Waals surface area contributed by atoms with Gasteiger partial charge in [0.25, 0.3) is 0 Å². The summed E-state index contributed by atoms with van der Waals surface area (Å²) >= 11 is 0. The van der Waals surface area contributed by atoms with Gasteiger partial charge in [-0.25, -0.2) is 0 Å². The summed E-state index contributed by atoms with van der Waals surface area (Å²) in [6.45, 7) is 2.60. The number of carbonyl (C=O) groups is 2. The minimum atomic E-state index is -0.915. The molecule has 23 heavy (non-hydrogen) atoms. The van der Waals surface area contributed by atoms with Crippen molar-refractivity contribution in [3.05, 3.63) is 65.7 Å². The molecule has 118 valence electrons. The average molecular weight is 309 g/mol. The van der Waals surface area contributed by atoms with Gasteiger partial charge in [-0.05, 0) is 30.5 Å². The van der Waals surface area contributed by atoms with Crippen molar-refractivity contribution in [2.45, 2.75) is 19.3 Å². The third kappa shape index (κ3) is 2.97. The Balaban J connectivity index is 1.94. The summed E-state index contributed by atoms with van der Waals surface area (Å²) in [4.78, 5) is 27.1. The lowest BCUT2D eigenvalue weighted by atomic mass is 9.97. The summed E-state index contributed by atoms with van der Waals surface area (Å²) in [5.41, 5.74) is 2.69. The van der Waals surface area contributed by atoms with Gasteiger partial charge in [-0.15, -0.1) is 0 Å². The fourth-order valence-corrected chi connectivity index (χ4v) is 2.97. The maximum atomic E-state index is 13.1. The number of esters is 1. The molecule has 1 aliphatic rings. The zero-order valence-electron chi connectivity index (χ0n) is 13.1. The van der Waals surface area contributed by atoms with Gasteiger partial charge in [0.05, 0.1) is 6.61 Å². The van der Waals surface area contributed by atoms with Crippen LogP contribution in [0.4, 0.5) is 5.69 Å². The van der Waals surface area contributed by atoms with Crippen molar-refractivity contribution in [1.29, 1.82) is 0 Å². The monoisotopic (exact) mass is 309 g/mol. The van der Waals surface area contributed by atoms with E-state index in [9.17, 15) is 9.59 Å². The topological polar surface area (TPSA) is 46.6 Å². The lowest BCUT2D eigenvalue weighted by molar-refractivity contribution is -0.147. The highest BCUT2D eigenvalue weighted by atomic mass is 16.5. The van der Waals surface area contributed by atoms with Crippen molar-refractivity contribution in [3.8, 4) is 0 Å². The molecule has 0 fully saturated rings. The predicted octanol–water partition coefficient (Wildman–Crippen LogP) is 2.92. The van der Waals surface area contributed by atoms with Crippen molar-refractivity contribution in [3.63, 3.8) is 0 Å². The van der Waals surface area contributed by atoms with E-state index >= 15 is 0 Å². The van der Waals surface area contributed by atoms with Gasteiger partial charge in [0.15, 0.2) is 5.92 Å². The Labute approximate surface area is 135 Å². The number of carbonyl (C=O) groups excluding carboxylic acids is 2. The summed E-state index contributed by atoms with van der Waals surface area (Å²) in [7, 11) is 0. The number of fused-ring (bicyclic) bond motifs is 1. The van der Waals surface area contributed by atoms with E-state index < -0.39 is 11.9 Å². The standard InChI is InChI=1S/C19H19NO3/c1-2-23-19(22)17(15-9-4-3-5-10-15)18(21)20-13-12-14-8-6-7-11-16(14)20/h3-11,17H,2,12-13H2,1H3. The van der Waals surface area contributed by atoms with E-state index in [0.717, 1.165) is 17.7 Å². The minimum Gasteiger partial charge on any atom is -0.465 e. The smallest absolute Gasteiger partial charge is 0.323 e. The number of nitrogens with zero attached hydrogens (tertiary/aromatic N) is 1. The maximum Gasteiger partial charge on any atom is 0.323 e. The molecule has 2 aromatic carbocycles. The first-order valence-electron chi connectivity index (χ1n) is 7.83. The molecule has 0 spiro atoms. The second-order valence-corrected chi connectivity index (χ2v) is 5.46. The molecule has 1 atom stereocenters. The van der Waals surface area contributed by atoms with E-state index in [1.165, 1.54) is 0 Å². The minimum absolute atomic E-state index is 0.223. The van der Waals surface area contributed by atoms with E-state index in [0.29, 0.717) is 12.1 Å². The molecule has 1 aliphatic heterocycles. The number of ether oxygens (including phenoxy) is 1. The van der Waals surface area contributed by atoms with E-state index in [4.69, 9.17) is 4.74 Å². The molecular weight excluding hydrogens is 290 g/mol. The molecule has 3 rings (SSSR count). The normalized spacial score (nSPS) is 14.2. The first-order chi connectivity index (χ1) is 11.2. The zero-order valence-corrected chi connectivity index (χ0v) is 13.1. The van der Waals surface area contributed by atoms with Gasteiger partial charge in [0.2, 0.25) is 5.91 Å². The molecule has 0 radical (unpaired) electrons. The third-order valence-corrected chi connectivity index (χ3v) is 4.06. The molecule has 1 unspecified atom stereocenters. The highest BCUT2D eigenvalue weighted by molar-refractivity contribution is 6.11. The molecule has 4 heteroatoms. The largest absolute Gasteiger partial charge is 0.465 e. The second kappa shape index (κ2) is 6.65. The lowest BCUT2D eigenvalue weighted by Crippen LogP contribution is -2.38. The maximum absolute atomic E-state index is 13.1. The molecule has 0 aromatic heterocycles. The molecule has 0 saturated carbocycles. The second-order valence-electron chi connectivity index (χ2n) is 5.46. The quantitative estimate of drug-likeness (QED) is 0.644. The molecular formula is C19H19NO3. The van der Waals surface area contributed by atoms with E-state index in [1.54, 1.807) is 24.0 Å². The number of anilines is 1. The number of hydrogen-bond donors (Lipinski definition) is 0. The fraction of sp³-hybridized carbons (Fsp3) is 0.263. The molecule has 0 N–H and O–H groups in total. The van der Waals surface area contributed by atoms with E-state index in [2.05, 4.69) is 0 Å². The van der Waals surface area contributed by atoms with Crippen molar-refractivity contribution >= 4 is 17.6 Å². The van der Waals surface area contributed by atoms with Crippen LogP contribution in [0.5, 0.6) is 0 Å². The van der Waals surface area contributed by atoms with E-state index in [1.807, 2.05) is 42.5 Å². The number of hydrogen-bond acceptors (Lipinski definition) is 3. The van der Waals surface area contributed by atoms with Crippen LogP contribution in [-0.4, -0.2) is 25.0 Å². The third-order valence-electron chi connectivity index (χ3n) is 4.06. The summed E-state index contributed by atoms with van der Waals surface area (Å²) in [5.74, 6) is -1.63. The van der Waals surface area contributed by atoms with Crippen LogP contribution in [0.25, 0.3) is 0 Å². The Bertz CT molecular complexity index is 712. The highest BCUT2D eigenvalue weighted by Crippen LogP contribution is 2.31. The summed E-state index contributed by atoms with van der Waals surface area (Å²) in [6.07, 6.45) is 0.812. The Hall–Kier alpha value is -2.62. The van der Waals surface area contributed by atoms with Gasteiger partial charge in [0.1, 0.15) is 0 Å². The summed E-state index contributed by atoms with van der Waals surface area (Å²) < 4.78 is 5.14. The Kier molecular flexibility index (Phi) is 4.42.